The summed E-state index contributed by atoms with van der Waals surface area (Å²) in [4.78, 5) is 4.37. The quantitative estimate of drug-likeness (QED) is 0.603. The average molecular weight is 199 g/mol. The largest absolute Gasteiger partial charge is 0.472 e. The number of benzene rings is 1. The summed E-state index contributed by atoms with van der Waals surface area (Å²) < 4.78 is 10.6. The first-order valence-electron chi connectivity index (χ1n) is 4.73. The summed E-state index contributed by atoms with van der Waals surface area (Å²) in [6.07, 6.45) is 3.23. The fourth-order valence-electron chi connectivity index (χ4n) is 1.54. The first-order valence-corrected chi connectivity index (χ1v) is 4.73. The molecule has 0 N–H and O–H groups in total. The molecule has 74 valence electrons. The van der Waals surface area contributed by atoms with Crippen molar-refractivity contribution in [3.05, 3.63) is 42.4 Å². The van der Waals surface area contributed by atoms with Gasteiger partial charge in [0.1, 0.15) is 11.8 Å². The number of fused-ring (bicyclic) bond motifs is 1. The SMILES string of the molecule is Cc1ccc2nc(-c3ccoc3)oc2c1. The van der Waals surface area contributed by atoms with E-state index in [-0.39, 0.29) is 0 Å². The first kappa shape index (κ1) is 8.29. The molecular formula is C12H9NO2. The first-order chi connectivity index (χ1) is 7.33. The molecular weight excluding hydrogens is 190 g/mol. The van der Waals surface area contributed by atoms with Gasteiger partial charge < -0.3 is 8.83 Å². The lowest BCUT2D eigenvalue weighted by atomic mass is 10.2. The van der Waals surface area contributed by atoms with Crippen LogP contribution in [0, 0.1) is 6.92 Å². The number of aryl methyl sites for hydroxylation is 1. The summed E-state index contributed by atoms with van der Waals surface area (Å²) in [5.41, 5.74) is 3.71. The summed E-state index contributed by atoms with van der Waals surface area (Å²) in [6, 6.07) is 7.78. The third-order valence-corrected chi connectivity index (χ3v) is 2.31. The molecule has 0 bridgehead atoms. The van der Waals surface area contributed by atoms with E-state index in [9.17, 15) is 0 Å². The van der Waals surface area contributed by atoms with Gasteiger partial charge in [-0.1, -0.05) is 6.07 Å². The zero-order chi connectivity index (χ0) is 10.3. The lowest BCUT2D eigenvalue weighted by Crippen LogP contribution is -1.71. The van der Waals surface area contributed by atoms with E-state index >= 15 is 0 Å². The van der Waals surface area contributed by atoms with Crippen LogP contribution in [-0.4, -0.2) is 4.98 Å². The average Bonchev–Trinajstić information content (AvgIpc) is 2.84. The van der Waals surface area contributed by atoms with Crippen molar-refractivity contribution in [3.8, 4) is 11.5 Å². The van der Waals surface area contributed by atoms with Crippen LogP contribution in [0.1, 0.15) is 5.56 Å². The Morgan fingerprint density at radius 1 is 1.20 bits per heavy atom. The van der Waals surface area contributed by atoms with Gasteiger partial charge in [-0.05, 0) is 30.7 Å². The van der Waals surface area contributed by atoms with Crippen LogP contribution in [0.2, 0.25) is 0 Å². The topological polar surface area (TPSA) is 39.2 Å². The Labute approximate surface area is 86.3 Å². The van der Waals surface area contributed by atoms with Gasteiger partial charge in [0.05, 0.1) is 11.8 Å². The van der Waals surface area contributed by atoms with E-state index in [1.807, 2.05) is 31.2 Å². The van der Waals surface area contributed by atoms with E-state index in [2.05, 4.69) is 4.98 Å². The maximum absolute atomic E-state index is 5.62. The van der Waals surface area contributed by atoms with Gasteiger partial charge in [-0.2, -0.15) is 0 Å². The van der Waals surface area contributed by atoms with Crippen LogP contribution in [0.3, 0.4) is 0 Å². The van der Waals surface area contributed by atoms with Gasteiger partial charge in [0.2, 0.25) is 5.89 Å². The Morgan fingerprint density at radius 3 is 2.93 bits per heavy atom. The molecule has 0 aliphatic heterocycles. The summed E-state index contributed by atoms with van der Waals surface area (Å²) in [5, 5.41) is 0. The van der Waals surface area contributed by atoms with Gasteiger partial charge in [-0.25, -0.2) is 4.98 Å². The number of furan rings is 1. The van der Waals surface area contributed by atoms with E-state index in [0.717, 1.165) is 22.2 Å². The minimum atomic E-state index is 0.601. The van der Waals surface area contributed by atoms with Gasteiger partial charge in [-0.3, -0.25) is 0 Å². The van der Waals surface area contributed by atoms with Crippen molar-refractivity contribution < 1.29 is 8.83 Å². The second kappa shape index (κ2) is 2.98. The molecule has 0 aliphatic rings. The zero-order valence-electron chi connectivity index (χ0n) is 8.23. The van der Waals surface area contributed by atoms with E-state index in [4.69, 9.17) is 8.83 Å². The Hall–Kier alpha value is -2.03. The number of hydrogen-bond acceptors (Lipinski definition) is 3. The van der Waals surface area contributed by atoms with Crippen molar-refractivity contribution >= 4 is 11.1 Å². The zero-order valence-corrected chi connectivity index (χ0v) is 8.23. The van der Waals surface area contributed by atoms with Crippen LogP contribution in [-0.2, 0) is 0 Å². The molecule has 1 aromatic carbocycles. The molecule has 0 radical (unpaired) electrons. The Kier molecular flexibility index (Phi) is 1.65. The van der Waals surface area contributed by atoms with E-state index < -0.39 is 0 Å². The predicted molar refractivity (Wildman–Crippen MR) is 56.4 cm³/mol. The molecule has 3 rings (SSSR count). The Balaban J connectivity index is 2.22. The molecule has 3 nitrogen and oxygen atoms in total. The van der Waals surface area contributed by atoms with Crippen LogP contribution in [0.15, 0.2) is 45.6 Å². The lowest BCUT2D eigenvalue weighted by Gasteiger charge is -1.88. The minimum absolute atomic E-state index is 0.601. The van der Waals surface area contributed by atoms with Gasteiger partial charge >= 0.3 is 0 Å². The highest BCUT2D eigenvalue weighted by Gasteiger charge is 2.08. The number of rotatable bonds is 1. The van der Waals surface area contributed by atoms with Crippen molar-refractivity contribution in [2.24, 2.45) is 0 Å². The normalized spacial score (nSPS) is 11.0. The smallest absolute Gasteiger partial charge is 0.230 e. The number of nitrogens with zero attached hydrogens (tertiary/aromatic N) is 1. The molecule has 3 heteroatoms. The van der Waals surface area contributed by atoms with Gasteiger partial charge in [0.25, 0.3) is 0 Å². The van der Waals surface area contributed by atoms with E-state index in [1.165, 1.54) is 0 Å². The van der Waals surface area contributed by atoms with Crippen LogP contribution in [0.4, 0.5) is 0 Å². The second-order valence-corrected chi connectivity index (χ2v) is 3.50. The molecule has 0 saturated carbocycles. The predicted octanol–water partition coefficient (Wildman–Crippen LogP) is 3.40. The molecule has 0 amide bonds. The maximum Gasteiger partial charge on any atom is 0.230 e. The van der Waals surface area contributed by atoms with Crippen molar-refractivity contribution in [2.45, 2.75) is 6.92 Å². The highest BCUT2D eigenvalue weighted by molar-refractivity contribution is 5.76. The molecule has 2 aromatic heterocycles. The molecule has 0 spiro atoms. The molecule has 3 aromatic rings. The summed E-state index contributed by atoms with van der Waals surface area (Å²) in [6.45, 7) is 2.03. The standard InChI is InChI=1S/C12H9NO2/c1-8-2-3-10-11(6-8)15-12(13-10)9-4-5-14-7-9/h2-7H,1H3. The fourth-order valence-corrected chi connectivity index (χ4v) is 1.54. The molecule has 0 aliphatic carbocycles. The maximum atomic E-state index is 5.62. The van der Waals surface area contributed by atoms with E-state index in [1.54, 1.807) is 12.5 Å². The molecule has 0 fully saturated rings. The van der Waals surface area contributed by atoms with Crippen molar-refractivity contribution in [1.82, 2.24) is 4.98 Å². The second-order valence-electron chi connectivity index (χ2n) is 3.50. The third-order valence-electron chi connectivity index (χ3n) is 2.31. The van der Waals surface area contributed by atoms with Crippen molar-refractivity contribution in [1.29, 1.82) is 0 Å². The lowest BCUT2D eigenvalue weighted by molar-refractivity contribution is 0.564. The monoisotopic (exact) mass is 199 g/mol. The molecule has 15 heavy (non-hydrogen) atoms. The highest BCUT2D eigenvalue weighted by atomic mass is 16.4. The summed E-state index contributed by atoms with van der Waals surface area (Å²) >= 11 is 0. The van der Waals surface area contributed by atoms with Gasteiger partial charge in [0.15, 0.2) is 5.58 Å². The van der Waals surface area contributed by atoms with E-state index in [0.29, 0.717) is 5.89 Å². The Morgan fingerprint density at radius 2 is 2.13 bits per heavy atom. The minimum Gasteiger partial charge on any atom is -0.472 e. The van der Waals surface area contributed by atoms with Crippen LogP contribution in [0.25, 0.3) is 22.6 Å². The number of aromatic nitrogens is 1. The third kappa shape index (κ3) is 1.32. The van der Waals surface area contributed by atoms with Gasteiger partial charge in [0, 0.05) is 0 Å². The molecule has 0 saturated heterocycles. The molecule has 0 unspecified atom stereocenters. The summed E-state index contributed by atoms with van der Waals surface area (Å²) in [7, 11) is 0. The van der Waals surface area contributed by atoms with Crippen molar-refractivity contribution in [2.75, 3.05) is 0 Å². The highest BCUT2D eigenvalue weighted by Crippen LogP contribution is 2.24. The molecule has 2 heterocycles. The van der Waals surface area contributed by atoms with Crippen LogP contribution < -0.4 is 0 Å². The van der Waals surface area contributed by atoms with Crippen LogP contribution >= 0.6 is 0 Å². The number of hydrogen-bond donors (Lipinski definition) is 0. The molecule has 0 atom stereocenters. The summed E-state index contributed by atoms with van der Waals surface area (Å²) in [5.74, 6) is 0.601. The number of oxazole rings is 1. The van der Waals surface area contributed by atoms with Crippen LogP contribution in [0.5, 0.6) is 0 Å². The van der Waals surface area contributed by atoms with Crippen molar-refractivity contribution in [3.63, 3.8) is 0 Å². The fraction of sp³-hybridized carbons (Fsp3) is 0.0833. The van der Waals surface area contributed by atoms with Gasteiger partial charge in [-0.15, -0.1) is 0 Å². The Bertz CT molecular complexity index is 593.